The van der Waals surface area contributed by atoms with Crippen molar-refractivity contribution in [3.63, 3.8) is 0 Å². The predicted octanol–water partition coefficient (Wildman–Crippen LogP) is 2.19. The Labute approximate surface area is 112 Å². The van der Waals surface area contributed by atoms with Crippen LogP contribution in [0.15, 0.2) is 16.9 Å². The molecule has 0 saturated heterocycles. The number of nitrogens with zero attached hydrogens (tertiary/aromatic N) is 3. The number of hydrogen-bond acceptors (Lipinski definition) is 4. The molecule has 0 aliphatic carbocycles. The molecule has 2 aromatic rings. The second-order valence-electron chi connectivity index (χ2n) is 4.91. The molecule has 0 bridgehead atoms. The zero-order valence-electron chi connectivity index (χ0n) is 11.5. The van der Waals surface area contributed by atoms with Crippen LogP contribution >= 0.6 is 0 Å². The average molecular weight is 263 g/mol. The summed E-state index contributed by atoms with van der Waals surface area (Å²) in [6.45, 7) is 4.35. The quantitative estimate of drug-likeness (QED) is 0.751. The average Bonchev–Trinajstić information content (AvgIpc) is 2.76. The van der Waals surface area contributed by atoms with Gasteiger partial charge in [0.15, 0.2) is 5.65 Å². The number of hydrogen-bond donors (Lipinski definition) is 2. The number of anilines is 1. The van der Waals surface area contributed by atoms with Gasteiger partial charge in [0.05, 0.1) is 0 Å². The number of aromatic amines is 1. The Morgan fingerprint density at radius 3 is 3.00 bits per heavy atom. The van der Waals surface area contributed by atoms with Gasteiger partial charge in [-0.05, 0) is 25.5 Å². The molecule has 104 valence electrons. The highest BCUT2D eigenvalue weighted by Gasteiger charge is 2.06. The minimum atomic E-state index is -0.311. The lowest BCUT2D eigenvalue weighted by atomic mass is 10.1. The van der Waals surface area contributed by atoms with E-state index in [2.05, 4.69) is 34.5 Å². The maximum Gasteiger partial charge on any atom is 0.364 e. The summed E-state index contributed by atoms with van der Waals surface area (Å²) in [5.74, 6) is 0.707. The van der Waals surface area contributed by atoms with E-state index in [9.17, 15) is 4.79 Å². The third kappa shape index (κ3) is 3.56. The van der Waals surface area contributed by atoms with Crippen LogP contribution in [0.1, 0.15) is 46.0 Å². The molecule has 1 unspecified atom stereocenters. The van der Waals surface area contributed by atoms with Gasteiger partial charge in [-0.3, -0.25) is 0 Å². The Morgan fingerprint density at radius 1 is 1.37 bits per heavy atom. The number of nitrogens with one attached hydrogen (secondary N) is 2. The second kappa shape index (κ2) is 6.36. The molecule has 2 aromatic heterocycles. The molecule has 2 N–H and O–H groups in total. The normalized spacial score (nSPS) is 12.7. The molecular formula is C13H21N5O. The van der Waals surface area contributed by atoms with Gasteiger partial charge < -0.3 is 5.32 Å². The van der Waals surface area contributed by atoms with E-state index in [1.807, 2.05) is 6.07 Å². The minimum absolute atomic E-state index is 0.311. The molecule has 6 heteroatoms. The molecule has 0 aromatic carbocycles. The predicted molar refractivity (Wildman–Crippen MR) is 75.5 cm³/mol. The maximum absolute atomic E-state index is 11.4. The lowest BCUT2D eigenvalue weighted by Crippen LogP contribution is -2.19. The van der Waals surface area contributed by atoms with Crippen LogP contribution in [0.2, 0.25) is 0 Å². The SMILES string of the molecule is CCCCCCC(C)Nc1ccc2n[nH]c(=O)n2n1. The van der Waals surface area contributed by atoms with E-state index in [0.29, 0.717) is 17.5 Å². The van der Waals surface area contributed by atoms with E-state index in [-0.39, 0.29) is 5.69 Å². The molecule has 0 fully saturated rings. The summed E-state index contributed by atoms with van der Waals surface area (Å²) in [4.78, 5) is 11.4. The summed E-state index contributed by atoms with van der Waals surface area (Å²) in [7, 11) is 0. The highest BCUT2D eigenvalue weighted by Crippen LogP contribution is 2.10. The number of H-pyrrole nitrogens is 1. The standard InChI is InChI=1S/C13H21N5O/c1-3-4-5-6-7-10(2)14-11-8-9-12-15-16-13(19)18(12)17-11/h8-10H,3-7H2,1-2H3,(H,14,17)(H,16,19). The van der Waals surface area contributed by atoms with Gasteiger partial charge >= 0.3 is 5.69 Å². The van der Waals surface area contributed by atoms with Crippen molar-refractivity contribution < 1.29 is 0 Å². The molecule has 0 saturated carbocycles. The summed E-state index contributed by atoms with van der Waals surface area (Å²) in [5, 5.41) is 13.8. The second-order valence-corrected chi connectivity index (χ2v) is 4.91. The van der Waals surface area contributed by atoms with Gasteiger partial charge in [-0.1, -0.05) is 32.6 Å². The van der Waals surface area contributed by atoms with Crippen molar-refractivity contribution >= 4 is 11.5 Å². The van der Waals surface area contributed by atoms with Crippen molar-refractivity contribution in [2.75, 3.05) is 5.32 Å². The molecule has 2 rings (SSSR count). The Kier molecular flexibility index (Phi) is 4.54. The van der Waals surface area contributed by atoms with Crippen LogP contribution in [0.5, 0.6) is 0 Å². The number of aromatic nitrogens is 4. The van der Waals surface area contributed by atoms with Crippen molar-refractivity contribution in [3.05, 3.63) is 22.6 Å². The van der Waals surface area contributed by atoms with Gasteiger partial charge in [0.25, 0.3) is 0 Å². The van der Waals surface area contributed by atoms with Crippen LogP contribution in [0, 0.1) is 0 Å². The first kappa shape index (κ1) is 13.6. The lowest BCUT2D eigenvalue weighted by Gasteiger charge is -2.13. The van der Waals surface area contributed by atoms with Crippen LogP contribution in [0.4, 0.5) is 5.82 Å². The largest absolute Gasteiger partial charge is 0.366 e. The lowest BCUT2D eigenvalue weighted by molar-refractivity contribution is 0.592. The fraction of sp³-hybridized carbons (Fsp3) is 0.615. The van der Waals surface area contributed by atoms with Crippen molar-refractivity contribution in [2.45, 2.75) is 52.0 Å². The Hall–Kier alpha value is -1.85. The van der Waals surface area contributed by atoms with Crippen LogP contribution in [-0.2, 0) is 0 Å². The van der Waals surface area contributed by atoms with Crippen LogP contribution in [-0.4, -0.2) is 25.9 Å². The Balaban J connectivity index is 1.93. The smallest absolute Gasteiger partial charge is 0.364 e. The Morgan fingerprint density at radius 2 is 2.21 bits per heavy atom. The molecular weight excluding hydrogens is 242 g/mol. The molecule has 0 spiro atoms. The number of rotatable bonds is 7. The van der Waals surface area contributed by atoms with E-state index in [1.54, 1.807) is 6.07 Å². The molecule has 2 heterocycles. The zero-order valence-corrected chi connectivity index (χ0v) is 11.5. The zero-order chi connectivity index (χ0) is 13.7. The third-order valence-electron chi connectivity index (χ3n) is 3.16. The van der Waals surface area contributed by atoms with Gasteiger partial charge in [0, 0.05) is 6.04 Å². The van der Waals surface area contributed by atoms with Gasteiger partial charge in [-0.2, -0.15) is 9.61 Å². The van der Waals surface area contributed by atoms with Crippen LogP contribution in [0.3, 0.4) is 0 Å². The molecule has 6 nitrogen and oxygen atoms in total. The number of fused-ring (bicyclic) bond motifs is 1. The van der Waals surface area contributed by atoms with E-state index >= 15 is 0 Å². The molecule has 0 aliphatic rings. The highest BCUT2D eigenvalue weighted by molar-refractivity contribution is 5.43. The summed E-state index contributed by atoms with van der Waals surface area (Å²) in [6, 6.07) is 3.97. The topological polar surface area (TPSA) is 75.1 Å². The van der Waals surface area contributed by atoms with E-state index in [1.165, 1.54) is 30.2 Å². The highest BCUT2D eigenvalue weighted by atomic mass is 16.2. The summed E-state index contributed by atoms with van der Waals surface area (Å²) in [6.07, 6.45) is 6.15. The molecule has 0 radical (unpaired) electrons. The van der Waals surface area contributed by atoms with E-state index in [4.69, 9.17) is 0 Å². The first-order valence-corrected chi connectivity index (χ1v) is 6.91. The first-order valence-electron chi connectivity index (χ1n) is 6.91. The van der Waals surface area contributed by atoms with Gasteiger partial charge in [0.2, 0.25) is 0 Å². The summed E-state index contributed by atoms with van der Waals surface area (Å²) < 4.78 is 1.27. The first-order chi connectivity index (χ1) is 9.20. The molecule has 0 aliphatic heterocycles. The molecule has 1 atom stereocenters. The van der Waals surface area contributed by atoms with Gasteiger partial charge in [-0.25, -0.2) is 9.89 Å². The van der Waals surface area contributed by atoms with Crippen molar-refractivity contribution in [1.82, 2.24) is 19.8 Å². The van der Waals surface area contributed by atoms with Crippen molar-refractivity contribution in [2.24, 2.45) is 0 Å². The molecule has 19 heavy (non-hydrogen) atoms. The van der Waals surface area contributed by atoms with E-state index in [0.717, 1.165) is 6.42 Å². The fourth-order valence-corrected chi connectivity index (χ4v) is 2.08. The van der Waals surface area contributed by atoms with Gasteiger partial charge in [0.1, 0.15) is 5.82 Å². The minimum Gasteiger partial charge on any atom is -0.366 e. The monoisotopic (exact) mass is 263 g/mol. The summed E-state index contributed by atoms with van der Waals surface area (Å²) in [5.41, 5.74) is 0.223. The summed E-state index contributed by atoms with van der Waals surface area (Å²) >= 11 is 0. The van der Waals surface area contributed by atoms with Gasteiger partial charge in [-0.15, -0.1) is 5.10 Å². The maximum atomic E-state index is 11.4. The number of unbranched alkanes of at least 4 members (excludes halogenated alkanes) is 3. The van der Waals surface area contributed by atoms with E-state index < -0.39 is 0 Å². The molecule has 0 amide bonds. The van der Waals surface area contributed by atoms with Crippen molar-refractivity contribution in [1.29, 1.82) is 0 Å². The van der Waals surface area contributed by atoms with Crippen molar-refractivity contribution in [3.8, 4) is 0 Å². The Bertz CT molecular complexity index is 574. The van der Waals surface area contributed by atoms with Crippen LogP contribution in [0.25, 0.3) is 5.65 Å². The third-order valence-corrected chi connectivity index (χ3v) is 3.16. The fourth-order valence-electron chi connectivity index (χ4n) is 2.08. The van der Waals surface area contributed by atoms with Crippen LogP contribution < -0.4 is 11.0 Å².